The van der Waals surface area contributed by atoms with Gasteiger partial charge in [-0.1, -0.05) is 29.3 Å². The second-order valence-electron chi connectivity index (χ2n) is 3.27. The average molecular weight is 270 g/mol. The van der Waals surface area contributed by atoms with Crippen molar-refractivity contribution in [1.82, 2.24) is 9.97 Å². The molecule has 2 N–H and O–H groups in total. The van der Waals surface area contributed by atoms with Gasteiger partial charge in [-0.25, -0.2) is 9.97 Å². The standard InChI is InChI=1S/C11H9Cl2N3O/c12-8-2-1-3-9(13)11(8)17-6-10-15-4-7(14)5-16-10/h1-5H,6,14H2. The molecule has 2 rings (SSSR count). The monoisotopic (exact) mass is 269 g/mol. The lowest BCUT2D eigenvalue weighted by Gasteiger charge is -2.08. The lowest BCUT2D eigenvalue weighted by atomic mass is 10.3. The van der Waals surface area contributed by atoms with Crippen LogP contribution in [0.2, 0.25) is 10.0 Å². The molecule has 17 heavy (non-hydrogen) atoms. The van der Waals surface area contributed by atoms with Gasteiger partial charge < -0.3 is 10.5 Å². The highest BCUT2D eigenvalue weighted by atomic mass is 35.5. The fraction of sp³-hybridized carbons (Fsp3) is 0.0909. The molecule has 0 saturated heterocycles. The molecule has 0 aliphatic carbocycles. The third-order valence-corrected chi connectivity index (χ3v) is 2.59. The first-order valence-corrected chi connectivity index (χ1v) is 5.55. The van der Waals surface area contributed by atoms with Crippen LogP contribution in [0, 0.1) is 0 Å². The van der Waals surface area contributed by atoms with Gasteiger partial charge >= 0.3 is 0 Å². The van der Waals surface area contributed by atoms with Gasteiger partial charge in [0.1, 0.15) is 6.61 Å². The van der Waals surface area contributed by atoms with Crippen molar-refractivity contribution in [2.75, 3.05) is 5.73 Å². The molecular formula is C11H9Cl2N3O. The molecule has 2 aromatic rings. The number of halogens is 2. The fourth-order valence-corrected chi connectivity index (χ4v) is 1.70. The van der Waals surface area contributed by atoms with E-state index in [1.54, 1.807) is 18.2 Å². The number of nitrogens with two attached hydrogens (primary N) is 1. The predicted octanol–water partition coefficient (Wildman–Crippen LogP) is 2.94. The van der Waals surface area contributed by atoms with Crippen molar-refractivity contribution < 1.29 is 4.74 Å². The fourth-order valence-electron chi connectivity index (χ4n) is 1.20. The molecule has 1 heterocycles. The Hall–Kier alpha value is -1.52. The van der Waals surface area contributed by atoms with E-state index in [0.717, 1.165) is 0 Å². The molecule has 0 radical (unpaired) electrons. The van der Waals surface area contributed by atoms with E-state index in [2.05, 4.69) is 9.97 Å². The molecule has 0 atom stereocenters. The molecule has 88 valence electrons. The van der Waals surface area contributed by atoms with Gasteiger partial charge in [-0.2, -0.15) is 0 Å². The molecule has 0 aliphatic heterocycles. The van der Waals surface area contributed by atoms with Gasteiger partial charge in [-0.05, 0) is 12.1 Å². The Labute approximate surface area is 108 Å². The van der Waals surface area contributed by atoms with E-state index in [0.29, 0.717) is 27.3 Å². The van der Waals surface area contributed by atoms with Crippen LogP contribution in [0.25, 0.3) is 0 Å². The minimum atomic E-state index is 0.184. The minimum Gasteiger partial charge on any atom is -0.482 e. The molecule has 0 bridgehead atoms. The largest absolute Gasteiger partial charge is 0.482 e. The van der Waals surface area contributed by atoms with Crippen LogP contribution in [0.5, 0.6) is 5.75 Å². The lowest BCUT2D eigenvalue weighted by molar-refractivity contribution is 0.296. The van der Waals surface area contributed by atoms with E-state index in [4.69, 9.17) is 33.7 Å². The van der Waals surface area contributed by atoms with E-state index < -0.39 is 0 Å². The van der Waals surface area contributed by atoms with E-state index >= 15 is 0 Å². The number of benzene rings is 1. The summed E-state index contributed by atoms with van der Waals surface area (Å²) in [5.41, 5.74) is 5.98. The highest BCUT2D eigenvalue weighted by Gasteiger charge is 2.07. The van der Waals surface area contributed by atoms with Crippen LogP contribution >= 0.6 is 23.2 Å². The maximum atomic E-state index is 5.95. The Kier molecular flexibility index (Phi) is 3.66. The van der Waals surface area contributed by atoms with Crippen LogP contribution in [-0.2, 0) is 6.61 Å². The Morgan fingerprint density at radius 3 is 2.29 bits per heavy atom. The maximum Gasteiger partial charge on any atom is 0.166 e. The van der Waals surface area contributed by atoms with E-state index in [1.807, 2.05) is 0 Å². The average Bonchev–Trinajstić information content (AvgIpc) is 2.31. The van der Waals surface area contributed by atoms with E-state index in [9.17, 15) is 0 Å². The summed E-state index contributed by atoms with van der Waals surface area (Å²) >= 11 is 11.9. The Balaban J connectivity index is 2.10. The Morgan fingerprint density at radius 2 is 1.71 bits per heavy atom. The number of para-hydroxylation sites is 1. The number of hydrogen-bond acceptors (Lipinski definition) is 4. The predicted molar refractivity (Wildman–Crippen MR) is 67.2 cm³/mol. The lowest BCUT2D eigenvalue weighted by Crippen LogP contribution is -2.02. The maximum absolute atomic E-state index is 5.95. The minimum absolute atomic E-state index is 0.184. The smallest absolute Gasteiger partial charge is 0.166 e. The zero-order valence-electron chi connectivity index (χ0n) is 8.73. The molecule has 0 unspecified atom stereocenters. The second kappa shape index (κ2) is 5.21. The van der Waals surface area contributed by atoms with Crippen LogP contribution in [-0.4, -0.2) is 9.97 Å². The van der Waals surface area contributed by atoms with Crippen molar-refractivity contribution >= 4 is 28.9 Å². The molecule has 0 spiro atoms. The normalized spacial score (nSPS) is 10.2. The van der Waals surface area contributed by atoms with Crippen molar-refractivity contribution in [3.05, 3.63) is 46.5 Å². The Bertz CT molecular complexity index is 496. The molecule has 0 saturated carbocycles. The quantitative estimate of drug-likeness (QED) is 0.931. The van der Waals surface area contributed by atoms with Crippen LogP contribution in [0.3, 0.4) is 0 Å². The molecule has 1 aromatic carbocycles. The van der Waals surface area contributed by atoms with Crippen LogP contribution in [0.1, 0.15) is 5.82 Å². The highest BCUT2D eigenvalue weighted by Crippen LogP contribution is 2.32. The van der Waals surface area contributed by atoms with Crippen molar-refractivity contribution in [2.45, 2.75) is 6.61 Å². The van der Waals surface area contributed by atoms with Gasteiger partial charge in [0.2, 0.25) is 0 Å². The van der Waals surface area contributed by atoms with Crippen molar-refractivity contribution in [2.24, 2.45) is 0 Å². The van der Waals surface area contributed by atoms with Crippen molar-refractivity contribution in [3.8, 4) is 5.75 Å². The Morgan fingerprint density at radius 1 is 1.12 bits per heavy atom. The van der Waals surface area contributed by atoms with Gasteiger partial charge in [0.05, 0.1) is 28.1 Å². The SMILES string of the molecule is Nc1cnc(COc2c(Cl)cccc2Cl)nc1. The van der Waals surface area contributed by atoms with Crippen LogP contribution < -0.4 is 10.5 Å². The molecule has 0 fully saturated rings. The summed E-state index contributed by atoms with van der Waals surface area (Å²) in [6.45, 7) is 0.184. The highest BCUT2D eigenvalue weighted by molar-refractivity contribution is 6.37. The number of rotatable bonds is 3. The first-order valence-electron chi connectivity index (χ1n) is 4.80. The first kappa shape index (κ1) is 12.0. The molecule has 0 aliphatic rings. The van der Waals surface area contributed by atoms with Crippen LogP contribution in [0.4, 0.5) is 5.69 Å². The summed E-state index contributed by atoms with van der Waals surface area (Å²) in [4.78, 5) is 8.01. The third kappa shape index (κ3) is 2.99. The van der Waals surface area contributed by atoms with Crippen molar-refractivity contribution in [1.29, 1.82) is 0 Å². The molecule has 4 nitrogen and oxygen atoms in total. The van der Waals surface area contributed by atoms with Gasteiger partial charge in [0.25, 0.3) is 0 Å². The van der Waals surface area contributed by atoms with E-state index in [1.165, 1.54) is 12.4 Å². The molecular weight excluding hydrogens is 261 g/mol. The van der Waals surface area contributed by atoms with Gasteiger partial charge in [-0.3, -0.25) is 0 Å². The van der Waals surface area contributed by atoms with Gasteiger partial charge in [0, 0.05) is 0 Å². The summed E-state index contributed by atoms with van der Waals surface area (Å²) in [6.07, 6.45) is 3.03. The zero-order chi connectivity index (χ0) is 12.3. The van der Waals surface area contributed by atoms with Gasteiger partial charge in [0.15, 0.2) is 11.6 Å². The summed E-state index contributed by atoms with van der Waals surface area (Å²) in [6, 6.07) is 5.15. The number of nitrogens with zero attached hydrogens (tertiary/aromatic N) is 2. The van der Waals surface area contributed by atoms with Crippen LogP contribution in [0.15, 0.2) is 30.6 Å². The summed E-state index contributed by atoms with van der Waals surface area (Å²) in [7, 11) is 0. The summed E-state index contributed by atoms with van der Waals surface area (Å²) in [5, 5.41) is 0.904. The molecule has 1 aromatic heterocycles. The third-order valence-electron chi connectivity index (χ3n) is 1.99. The summed E-state index contributed by atoms with van der Waals surface area (Å²) in [5.74, 6) is 0.937. The number of nitrogen functional groups attached to an aromatic ring is 1. The summed E-state index contributed by atoms with van der Waals surface area (Å²) < 4.78 is 5.46. The second-order valence-corrected chi connectivity index (χ2v) is 4.09. The molecule has 0 amide bonds. The first-order chi connectivity index (χ1) is 8.16. The van der Waals surface area contributed by atoms with Crippen molar-refractivity contribution in [3.63, 3.8) is 0 Å². The van der Waals surface area contributed by atoms with E-state index in [-0.39, 0.29) is 6.61 Å². The number of ether oxygens (including phenoxy) is 1. The number of aromatic nitrogens is 2. The topological polar surface area (TPSA) is 61.0 Å². The molecule has 6 heteroatoms. The number of hydrogen-bond donors (Lipinski definition) is 1. The number of anilines is 1. The van der Waals surface area contributed by atoms with Gasteiger partial charge in [-0.15, -0.1) is 0 Å². The zero-order valence-corrected chi connectivity index (χ0v) is 10.2.